The second-order valence-electron chi connectivity index (χ2n) is 4.57. The van der Waals surface area contributed by atoms with E-state index in [0.717, 1.165) is 44.7 Å². The number of amides is 1. The number of thioether (sulfide) groups is 1. The molecule has 2 rings (SSSR count). The van der Waals surface area contributed by atoms with Crippen LogP contribution in [0.15, 0.2) is 29.2 Å². The lowest BCUT2D eigenvalue weighted by molar-refractivity contribution is -0.117. The quantitative estimate of drug-likeness (QED) is 0.659. The molecule has 124 valence electrons. The summed E-state index contributed by atoms with van der Waals surface area (Å²) in [5, 5.41) is 6.04. The molecule has 2 N–H and O–H groups in total. The van der Waals surface area contributed by atoms with Gasteiger partial charge in [-0.3, -0.25) is 4.79 Å². The molecule has 0 aliphatic carbocycles. The third-order valence-corrected chi connectivity index (χ3v) is 3.64. The van der Waals surface area contributed by atoms with Crippen molar-refractivity contribution in [3.8, 4) is 0 Å². The van der Waals surface area contributed by atoms with Crippen LogP contribution in [0.3, 0.4) is 0 Å². The number of benzene rings is 1. The lowest BCUT2D eigenvalue weighted by Crippen LogP contribution is -2.26. The Bertz CT molecular complexity index is 432. The molecule has 0 saturated carbocycles. The van der Waals surface area contributed by atoms with Crippen LogP contribution >= 0.6 is 11.8 Å². The Morgan fingerprint density at radius 1 is 1.23 bits per heavy atom. The molecule has 1 aromatic rings. The zero-order valence-corrected chi connectivity index (χ0v) is 13.1. The molecule has 0 atom stereocenters. The highest BCUT2D eigenvalue weighted by molar-refractivity contribution is 8.00. The molecule has 1 fully saturated rings. The molecule has 1 heterocycles. The predicted molar refractivity (Wildman–Crippen MR) is 83.0 cm³/mol. The minimum Gasteiger partial charge on any atom is -0.388 e. The van der Waals surface area contributed by atoms with Gasteiger partial charge in [0.05, 0.1) is 0 Å². The molecule has 1 aliphatic heterocycles. The molecular weight excluding hydrogens is 315 g/mol. The van der Waals surface area contributed by atoms with Gasteiger partial charge in [-0.05, 0) is 49.0 Å². The number of nitrogens with one attached hydrogen (secondary N) is 2. The number of anilines is 1. The van der Waals surface area contributed by atoms with Gasteiger partial charge in [-0.25, -0.2) is 0 Å². The summed E-state index contributed by atoms with van der Waals surface area (Å²) in [7, 11) is 1.71. The highest BCUT2D eigenvalue weighted by Crippen LogP contribution is 2.36. The lowest BCUT2D eigenvalue weighted by atomic mass is 10.3. The summed E-state index contributed by atoms with van der Waals surface area (Å²) < 4.78 is 35.6. The van der Waals surface area contributed by atoms with Gasteiger partial charge in [0.15, 0.2) is 0 Å². The van der Waals surface area contributed by atoms with Gasteiger partial charge in [0.2, 0.25) is 6.41 Å². The lowest BCUT2D eigenvalue weighted by Gasteiger charge is -2.11. The van der Waals surface area contributed by atoms with E-state index in [1.54, 1.807) is 24.1 Å². The summed E-state index contributed by atoms with van der Waals surface area (Å²) in [5.74, 6) is 0. The maximum atomic E-state index is 11.9. The highest BCUT2D eigenvalue weighted by Gasteiger charge is 2.28. The van der Waals surface area contributed by atoms with E-state index in [4.69, 9.17) is 0 Å². The summed E-state index contributed by atoms with van der Waals surface area (Å²) in [6.45, 7) is 3.77. The molecule has 0 unspecified atom stereocenters. The highest BCUT2D eigenvalue weighted by atomic mass is 32.2. The van der Waals surface area contributed by atoms with Crippen molar-refractivity contribution >= 4 is 23.9 Å². The topological polar surface area (TPSA) is 44.4 Å². The molecule has 1 aromatic carbocycles. The summed E-state index contributed by atoms with van der Waals surface area (Å²) in [5.41, 5.74) is -3.41. The fourth-order valence-corrected chi connectivity index (χ4v) is 2.33. The number of nitrogens with zero attached hydrogens (tertiary/aromatic N) is 1. The molecule has 4 nitrogen and oxygen atoms in total. The second-order valence-corrected chi connectivity index (χ2v) is 5.71. The summed E-state index contributed by atoms with van der Waals surface area (Å²) in [6.07, 6.45) is 2.01. The van der Waals surface area contributed by atoms with E-state index in [9.17, 15) is 18.0 Å². The molecule has 0 bridgehead atoms. The molecule has 1 amide bonds. The zero-order chi connectivity index (χ0) is 16.4. The van der Waals surface area contributed by atoms with Crippen LogP contribution in [0.4, 0.5) is 18.9 Å². The summed E-state index contributed by atoms with van der Waals surface area (Å²) in [4.78, 5) is 12.2. The summed E-state index contributed by atoms with van der Waals surface area (Å²) >= 11 is -0.108. The second kappa shape index (κ2) is 9.58. The van der Waals surface area contributed by atoms with Gasteiger partial charge in [0, 0.05) is 37.3 Å². The Morgan fingerprint density at radius 2 is 1.91 bits per heavy atom. The molecule has 0 aromatic heterocycles. The fourth-order valence-electron chi connectivity index (χ4n) is 1.80. The Morgan fingerprint density at radius 3 is 2.45 bits per heavy atom. The predicted octanol–water partition coefficient (Wildman–Crippen LogP) is 2.78. The first-order valence-electron chi connectivity index (χ1n) is 6.88. The van der Waals surface area contributed by atoms with E-state index in [1.807, 2.05) is 0 Å². The first-order valence-corrected chi connectivity index (χ1v) is 7.70. The number of rotatable bonds is 3. The number of hydrogen-bond donors (Lipinski definition) is 2. The average molecular weight is 335 g/mol. The SMILES string of the molecule is CNc1ccc(SC(F)(F)F)cc1.O=CN1CCCNCC1. The van der Waals surface area contributed by atoms with Crippen molar-refractivity contribution in [3.05, 3.63) is 24.3 Å². The van der Waals surface area contributed by atoms with Crippen LogP contribution in [0.25, 0.3) is 0 Å². The molecule has 8 heteroatoms. The Balaban J connectivity index is 0.000000235. The smallest absolute Gasteiger partial charge is 0.388 e. The first-order chi connectivity index (χ1) is 10.4. The van der Waals surface area contributed by atoms with Gasteiger partial charge in [0.1, 0.15) is 0 Å². The molecule has 1 saturated heterocycles. The third-order valence-electron chi connectivity index (χ3n) is 2.90. The molecule has 22 heavy (non-hydrogen) atoms. The standard InChI is InChI=1S/C8H8F3NS.C6H12N2O/c1-12-6-2-4-7(5-3-6)13-8(9,10)11;9-6-8-4-1-2-7-3-5-8/h2-5,12H,1H3;6-7H,1-5H2. The number of halogens is 3. The Kier molecular flexibility index (Phi) is 8.11. The number of carbonyl (C=O) groups excluding carboxylic acids is 1. The van der Waals surface area contributed by atoms with Crippen LogP contribution in [0.2, 0.25) is 0 Å². The van der Waals surface area contributed by atoms with Crippen LogP contribution in [0, 0.1) is 0 Å². The van der Waals surface area contributed by atoms with Crippen LogP contribution in [-0.2, 0) is 4.79 Å². The van der Waals surface area contributed by atoms with E-state index in [1.165, 1.54) is 12.1 Å². The number of alkyl halides is 3. The van der Waals surface area contributed by atoms with Crippen LogP contribution < -0.4 is 10.6 Å². The third kappa shape index (κ3) is 8.14. The van der Waals surface area contributed by atoms with Gasteiger partial charge < -0.3 is 15.5 Å². The van der Waals surface area contributed by atoms with Crippen molar-refractivity contribution in [2.24, 2.45) is 0 Å². The molecule has 0 radical (unpaired) electrons. The van der Waals surface area contributed by atoms with Crippen LogP contribution in [0.1, 0.15) is 6.42 Å². The van der Waals surface area contributed by atoms with E-state index in [0.29, 0.717) is 0 Å². The van der Waals surface area contributed by atoms with Gasteiger partial charge in [-0.15, -0.1) is 0 Å². The summed E-state index contributed by atoms with van der Waals surface area (Å²) in [6, 6.07) is 6.08. The molecular formula is C14H20F3N3OS. The zero-order valence-electron chi connectivity index (χ0n) is 12.3. The number of hydrogen-bond acceptors (Lipinski definition) is 4. The van der Waals surface area contributed by atoms with Gasteiger partial charge in [-0.1, -0.05) is 0 Å². The van der Waals surface area contributed by atoms with Crippen molar-refractivity contribution in [1.29, 1.82) is 0 Å². The first kappa shape index (κ1) is 18.6. The van der Waals surface area contributed by atoms with Crippen LogP contribution in [-0.4, -0.2) is 50.0 Å². The minimum absolute atomic E-state index is 0.108. The maximum Gasteiger partial charge on any atom is 0.446 e. The molecule has 1 aliphatic rings. The van der Waals surface area contributed by atoms with Crippen molar-refractivity contribution < 1.29 is 18.0 Å². The van der Waals surface area contributed by atoms with E-state index in [-0.39, 0.29) is 16.7 Å². The van der Waals surface area contributed by atoms with Crippen molar-refractivity contribution in [1.82, 2.24) is 10.2 Å². The van der Waals surface area contributed by atoms with Gasteiger partial charge in [0.25, 0.3) is 0 Å². The Labute approximate surface area is 132 Å². The normalized spacial score (nSPS) is 15.4. The minimum atomic E-state index is -4.21. The van der Waals surface area contributed by atoms with Crippen molar-refractivity contribution in [2.75, 3.05) is 38.5 Å². The number of carbonyl (C=O) groups is 1. The van der Waals surface area contributed by atoms with Crippen molar-refractivity contribution in [2.45, 2.75) is 16.8 Å². The van der Waals surface area contributed by atoms with E-state index in [2.05, 4.69) is 10.6 Å². The van der Waals surface area contributed by atoms with Gasteiger partial charge in [-0.2, -0.15) is 13.2 Å². The maximum absolute atomic E-state index is 11.9. The Hall–Kier alpha value is -1.41. The largest absolute Gasteiger partial charge is 0.446 e. The fraction of sp³-hybridized carbons (Fsp3) is 0.500. The van der Waals surface area contributed by atoms with Crippen LogP contribution in [0.5, 0.6) is 0 Å². The van der Waals surface area contributed by atoms with E-state index >= 15 is 0 Å². The van der Waals surface area contributed by atoms with Gasteiger partial charge >= 0.3 is 5.51 Å². The monoisotopic (exact) mass is 335 g/mol. The average Bonchev–Trinajstić information content (AvgIpc) is 2.75. The van der Waals surface area contributed by atoms with Crippen molar-refractivity contribution in [3.63, 3.8) is 0 Å². The molecule has 0 spiro atoms. The van der Waals surface area contributed by atoms with E-state index < -0.39 is 5.51 Å².